The van der Waals surface area contributed by atoms with Crippen LogP contribution in [-0.2, 0) is 13.1 Å². The molecule has 0 unspecified atom stereocenters. The molecule has 0 radical (unpaired) electrons. The average molecular weight is 284 g/mol. The fourth-order valence-corrected chi connectivity index (χ4v) is 3.01. The molecule has 0 fully saturated rings. The van der Waals surface area contributed by atoms with Crippen molar-refractivity contribution in [3.63, 3.8) is 0 Å². The summed E-state index contributed by atoms with van der Waals surface area (Å²) in [6.45, 7) is 10.9. The lowest BCUT2D eigenvalue weighted by Gasteiger charge is -2.01. The van der Waals surface area contributed by atoms with Crippen molar-refractivity contribution in [1.29, 1.82) is 0 Å². The van der Waals surface area contributed by atoms with Crippen molar-refractivity contribution in [2.24, 2.45) is 0 Å². The fraction of sp³-hybridized carbons (Fsp3) is 0.474. The van der Waals surface area contributed by atoms with Crippen molar-refractivity contribution in [3.05, 3.63) is 59.2 Å². The highest BCUT2D eigenvalue weighted by atomic mass is 14.9. The molecule has 0 saturated carbocycles. The van der Waals surface area contributed by atoms with Gasteiger partial charge in [0, 0.05) is 35.1 Å². The highest BCUT2D eigenvalue weighted by molar-refractivity contribution is 5.11. The van der Waals surface area contributed by atoms with Gasteiger partial charge in [-0.3, -0.25) is 0 Å². The van der Waals surface area contributed by atoms with E-state index in [0.717, 1.165) is 13.1 Å². The molecule has 0 atom stereocenters. The first-order chi connectivity index (χ1) is 10.0. The molecule has 2 rings (SSSR count). The topological polar surface area (TPSA) is 7.76 Å². The molecule has 2 heteroatoms. The number of rotatable bonds is 6. The van der Waals surface area contributed by atoms with Gasteiger partial charge in [0.15, 0.2) is 24.8 Å². The zero-order chi connectivity index (χ0) is 15.2. The zero-order valence-electron chi connectivity index (χ0n) is 13.9. The number of aromatic nitrogens is 2. The van der Waals surface area contributed by atoms with E-state index in [1.165, 1.54) is 41.5 Å². The summed E-state index contributed by atoms with van der Waals surface area (Å²) >= 11 is 0. The largest absolute Gasteiger partial charge is 0.205 e. The van der Waals surface area contributed by atoms with Crippen LogP contribution in [0.1, 0.15) is 41.5 Å². The van der Waals surface area contributed by atoms with Gasteiger partial charge in [-0.2, -0.15) is 0 Å². The van der Waals surface area contributed by atoms with E-state index in [1.54, 1.807) is 0 Å². The van der Waals surface area contributed by atoms with E-state index in [1.807, 2.05) is 0 Å². The van der Waals surface area contributed by atoms with Crippen molar-refractivity contribution in [2.75, 3.05) is 0 Å². The Morgan fingerprint density at radius 3 is 1.24 bits per heavy atom. The van der Waals surface area contributed by atoms with Crippen molar-refractivity contribution in [2.45, 2.75) is 60.0 Å². The van der Waals surface area contributed by atoms with Gasteiger partial charge in [0.25, 0.3) is 0 Å². The summed E-state index contributed by atoms with van der Waals surface area (Å²) in [5, 5.41) is 0. The maximum absolute atomic E-state index is 2.33. The van der Waals surface area contributed by atoms with Crippen molar-refractivity contribution in [1.82, 2.24) is 0 Å². The van der Waals surface area contributed by atoms with Crippen molar-refractivity contribution in [3.8, 4) is 0 Å². The highest BCUT2D eigenvalue weighted by Gasteiger charge is 2.05. The molecule has 0 amide bonds. The first kappa shape index (κ1) is 15.7. The molecule has 0 aliphatic carbocycles. The molecule has 2 nitrogen and oxygen atoms in total. The monoisotopic (exact) mass is 284 g/mol. The maximum Gasteiger partial charge on any atom is 0.171 e. The van der Waals surface area contributed by atoms with E-state index in [9.17, 15) is 0 Å². The minimum atomic E-state index is 1.13. The molecule has 0 aromatic carbocycles. The number of hydrogen-bond acceptors (Lipinski definition) is 0. The summed E-state index contributed by atoms with van der Waals surface area (Å²) < 4.78 is 4.66. The van der Waals surface area contributed by atoms with Gasteiger partial charge >= 0.3 is 0 Å². The smallest absolute Gasteiger partial charge is 0.171 e. The van der Waals surface area contributed by atoms with E-state index >= 15 is 0 Å². The van der Waals surface area contributed by atoms with Crippen LogP contribution < -0.4 is 9.13 Å². The van der Waals surface area contributed by atoms with Crippen molar-refractivity contribution >= 4 is 0 Å². The molecule has 21 heavy (non-hydrogen) atoms. The minimum absolute atomic E-state index is 1.13. The third-order valence-electron chi connectivity index (χ3n) is 3.72. The normalized spacial score (nSPS) is 10.9. The van der Waals surface area contributed by atoms with Crippen LogP contribution in [0.3, 0.4) is 0 Å². The van der Waals surface area contributed by atoms with Gasteiger partial charge in [-0.05, 0) is 46.2 Å². The first-order valence-corrected chi connectivity index (χ1v) is 7.97. The van der Waals surface area contributed by atoms with Crippen LogP contribution in [0.2, 0.25) is 0 Å². The Morgan fingerprint density at radius 2 is 0.905 bits per heavy atom. The summed E-state index contributed by atoms with van der Waals surface area (Å²) in [5.74, 6) is 0. The van der Waals surface area contributed by atoms with E-state index in [0.29, 0.717) is 0 Å². The van der Waals surface area contributed by atoms with Crippen molar-refractivity contribution < 1.29 is 9.13 Å². The summed E-state index contributed by atoms with van der Waals surface area (Å²) in [6, 6.07) is 4.46. The summed E-state index contributed by atoms with van der Waals surface area (Å²) in [7, 11) is 0. The Bertz CT molecular complexity index is 509. The van der Waals surface area contributed by atoms with Gasteiger partial charge in [0.05, 0.1) is 0 Å². The lowest BCUT2D eigenvalue weighted by molar-refractivity contribution is -0.701. The third kappa shape index (κ3) is 5.30. The van der Waals surface area contributed by atoms with Gasteiger partial charge < -0.3 is 0 Å². The Morgan fingerprint density at radius 1 is 0.571 bits per heavy atom. The van der Waals surface area contributed by atoms with Crippen LogP contribution in [0.5, 0.6) is 0 Å². The number of pyridine rings is 2. The van der Waals surface area contributed by atoms with Gasteiger partial charge in [0.2, 0.25) is 0 Å². The standard InChI is InChI=1S/C19H28N2/c1-16-10-17(2)13-20(12-16)8-6-5-7-9-21-14-18(3)11-19(4)15-21/h10-15H,5-9H2,1-4H3/q+2. The SMILES string of the molecule is Cc1cc(C)c[n+](CCCCC[n+]2cc(C)cc(C)c2)c1. The lowest BCUT2D eigenvalue weighted by atomic mass is 10.2. The second kappa shape index (κ2) is 7.35. The molecule has 2 aromatic rings. The molecule has 0 saturated heterocycles. The van der Waals surface area contributed by atoms with Gasteiger partial charge in [-0.25, -0.2) is 9.13 Å². The molecule has 0 aliphatic heterocycles. The Kier molecular flexibility index (Phi) is 5.49. The van der Waals surface area contributed by atoms with Crippen LogP contribution in [0, 0.1) is 27.7 Å². The van der Waals surface area contributed by atoms with Crippen LogP contribution >= 0.6 is 0 Å². The van der Waals surface area contributed by atoms with Crippen LogP contribution in [-0.4, -0.2) is 0 Å². The van der Waals surface area contributed by atoms with E-state index < -0.39 is 0 Å². The first-order valence-electron chi connectivity index (χ1n) is 7.97. The predicted molar refractivity (Wildman–Crippen MR) is 86.1 cm³/mol. The molecule has 0 bridgehead atoms. The molecule has 0 spiro atoms. The second-order valence-electron chi connectivity index (χ2n) is 6.32. The minimum Gasteiger partial charge on any atom is -0.205 e. The van der Waals surface area contributed by atoms with Crippen LogP contribution in [0.25, 0.3) is 0 Å². The van der Waals surface area contributed by atoms with E-state index in [2.05, 4.69) is 73.7 Å². The molecule has 2 heterocycles. The second-order valence-corrected chi connectivity index (χ2v) is 6.32. The summed E-state index contributed by atoms with van der Waals surface area (Å²) in [6.07, 6.45) is 12.7. The quantitative estimate of drug-likeness (QED) is 0.567. The lowest BCUT2D eigenvalue weighted by Crippen LogP contribution is -2.35. The molecule has 0 N–H and O–H groups in total. The average Bonchev–Trinajstić information content (AvgIpc) is 2.36. The van der Waals surface area contributed by atoms with Crippen LogP contribution in [0.15, 0.2) is 36.9 Å². The molecule has 0 aliphatic rings. The fourth-order valence-electron chi connectivity index (χ4n) is 3.01. The summed E-state index contributed by atoms with van der Waals surface area (Å²) in [4.78, 5) is 0. The van der Waals surface area contributed by atoms with E-state index in [4.69, 9.17) is 0 Å². The van der Waals surface area contributed by atoms with Crippen LogP contribution in [0.4, 0.5) is 0 Å². The Labute approximate surface area is 129 Å². The molecule has 112 valence electrons. The van der Waals surface area contributed by atoms with E-state index in [-0.39, 0.29) is 0 Å². The number of nitrogens with zero attached hydrogens (tertiary/aromatic N) is 2. The Hall–Kier alpha value is -1.70. The van der Waals surface area contributed by atoms with Gasteiger partial charge in [-0.15, -0.1) is 0 Å². The molecular weight excluding hydrogens is 256 g/mol. The molecule has 2 aromatic heterocycles. The highest BCUT2D eigenvalue weighted by Crippen LogP contribution is 2.01. The van der Waals surface area contributed by atoms with Gasteiger partial charge in [0.1, 0.15) is 13.1 Å². The number of unbranched alkanes of at least 4 members (excludes halogenated alkanes) is 2. The number of hydrogen-bond donors (Lipinski definition) is 0. The predicted octanol–water partition coefficient (Wildman–Crippen LogP) is 3.37. The number of aryl methyl sites for hydroxylation is 6. The zero-order valence-corrected chi connectivity index (χ0v) is 13.9. The summed E-state index contributed by atoms with van der Waals surface area (Å²) in [5.41, 5.74) is 5.39. The third-order valence-corrected chi connectivity index (χ3v) is 3.72. The Balaban J connectivity index is 1.74. The maximum atomic E-state index is 2.33. The van der Waals surface area contributed by atoms with Gasteiger partial charge in [-0.1, -0.05) is 0 Å². The molecular formula is C19H28N2+2.